The Morgan fingerprint density at radius 1 is 1.18 bits per heavy atom. The van der Waals surface area contributed by atoms with Crippen molar-refractivity contribution < 1.29 is 9.90 Å². The molecule has 0 atom stereocenters. The number of carbonyl (C=O) groups excluding carboxylic acids is 1. The number of imidazole rings is 1. The molecule has 0 unspecified atom stereocenters. The van der Waals surface area contributed by atoms with Crippen molar-refractivity contribution in [1.82, 2.24) is 9.55 Å². The Morgan fingerprint density at radius 2 is 1.91 bits per heavy atom. The summed E-state index contributed by atoms with van der Waals surface area (Å²) in [5.41, 5.74) is 4.77. The Bertz CT molecular complexity index is 849. The van der Waals surface area contributed by atoms with Crippen molar-refractivity contribution in [2.24, 2.45) is 0 Å². The fourth-order valence-electron chi connectivity index (χ4n) is 2.56. The minimum absolute atomic E-state index is 0.0365. The van der Waals surface area contributed by atoms with E-state index in [0.29, 0.717) is 18.5 Å². The predicted molar refractivity (Wildman–Crippen MR) is 86.3 cm³/mol. The minimum Gasteiger partial charge on any atom is -0.507 e. The minimum atomic E-state index is -0.0659. The molecule has 0 radical (unpaired) electrons. The largest absolute Gasteiger partial charge is 0.507 e. The molecular formula is C18H18N2O2. The molecule has 2 aromatic carbocycles. The molecule has 4 heteroatoms. The second-order valence-corrected chi connectivity index (χ2v) is 5.55. The van der Waals surface area contributed by atoms with Gasteiger partial charge in [-0.05, 0) is 49.2 Å². The molecule has 3 rings (SSSR count). The van der Waals surface area contributed by atoms with Gasteiger partial charge in [-0.1, -0.05) is 12.1 Å². The second-order valence-electron chi connectivity index (χ2n) is 5.55. The Hall–Kier alpha value is -2.62. The van der Waals surface area contributed by atoms with Gasteiger partial charge in [0.15, 0.2) is 5.78 Å². The molecule has 3 aromatic rings. The highest BCUT2D eigenvalue weighted by Gasteiger charge is 2.11. The quantitative estimate of drug-likeness (QED) is 0.747. The van der Waals surface area contributed by atoms with Crippen molar-refractivity contribution in [2.75, 3.05) is 0 Å². The summed E-state index contributed by atoms with van der Waals surface area (Å²) in [6, 6.07) is 10.8. The van der Waals surface area contributed by atoms with E-state index in [-0.39, 0.29) is 11.5 Å². The number of aryl methyl sites for hydroxylation is 3. The summed E-state index contributed by atoms with van der Waals surface area (Å²) in [6.45, 7) is 4.68. The van der Waals surface area contributed by atoms with Crippen LogP contribution in [0.3, 0.4) is 0 Å². The van der Waals surface area contributed by atoms with E-state index in [1.807, 2.05) is 4.57 Å². The first-order chi connectivity index (χ1) is 10.6. The molecule has 4 nitrogen and oxygen atoms in total. The van der Waals surface area contributed by atoms with Gasteiger partial charge in [0.25, 0.3) is 0 Å². The standard InChI is InChI=1S/C18H18N2O2/c1-12-9-15-16(10-13(12)2)20(11-19-15)8-7-18(22)14-5-3-4-6-17(14)21/h3-6,9-11,21H,7-8H2,1-2H3. The van der Waals surface area contributed by atoms with Crippen molar-refractivity contribution in [1.29, 1.82) is 0 Å². The van der Waals surface area contributed by atoms with Gasteiger partial charge in [0.2, 0.25) is 0 Å². The van der Waals surface area contributed by atoms with Gasteiger partial charge in [0.1, 0.15) is 5.75 Å². The van der Waals surface area contributed by atoms with Crippen LogP contribution in [0.2, 0.25) is 0 Å². The van der Waals surface area contributed by atoms with Crippen molar-refractivity contribution in [3.05, 3.63) is 59.4 Å². The van der Waals surface area contributed by atoms with Gasteiger partial charge in [-0.15, -0.1) is 0 Å². The predicted octanol–water partition coefficient (Wildman–Crippen LogP) is 3.63. The number of aromatic nitrogens is 2. The molecule has 0 saturated carbocycles. The molecule has 0 aliphatic rings. The summed E-state index contributed by atoms with van der Waals surface area (Å²) in [7, 11) is 0. The molecule has 1 N–H and O–H groups in total. The molecule has 112 valence electrons. The van der Waals surface area contributed by atoms with Crippen LogP contribution in [0, 0.1) is 13.8 Å². The maximum Gasteiger partial charge on any atom is 0.168 e. The fraction of sp³-hybridized carbons (Fsp3) is 0.222. The highest BCUT2D eigenvalue weighted by molar-refractivity contribution is 5.98. The van der Waals surface area contributed by atoms with Crippen LogP contribution in [0.15, 0.2) is 42.7 Å². The highest BCUT2D eigenvalue weighted by atomic mass is 16.3. The lowest BCUT2D eigenvalue weighted by Gasteiger charge is -2.07. The van der Waals surface area contributed by atoms with Gasteiger partial charge in [-0.2, -0.15) is 0 Å². The van der Waals surface area contributed by atoms with E-state index in [4.69, 9.17) is 0 Å². The van der Waals surface area contributed by atoms with Crippen molar-refractivity contribution >= 4 is 16.8 Å². The third-order valence-electron chi connectivity index (χ3n) is 4.02. The number of hydrogen-bond acceptors (Lipinski definition) is 3. The number of rotatable bonds is 4. The van der Waals surface area contributed by atoms with Crippen molar-refractivity contribution in [2.45, 2.75) is 26.8 Å². The van der Waals surface area contributed by atoms with E-state index in [9.17, 15) is 9.90 Å². The van der Waals surface area contributed by atoms with E-state index in [0.717, 1.165) is 11.0 Å². The summed E-state index contributed by atoms with van der Waals surface area (Å²) in [6.07, 6.45) is 2.09. The third-order valence-corrected chi connectivity index (χ3v) is 4.02. The zero-order chi connectivity index (χ0) is 15.7. The summed E-state index contributed by atoms with van der Waals surface area (Å²) in [5, 5.41) is 9.74. The van der Waals surface area contributed by atoms with E-state index in [1.54, 1.807) is 24.5 Å². The van der Waals surface area contributed by atoms with Crippen LogP contribution >= 0.6 is 0 Å². The molecule has 0 aliphatic carbocycles. The number of carbonyl (C=O) groups is 1. The van der Waals surface area contributed by atoms with E-state index < -0.39 is 0 Å². The number of Topliss-reactive ketones (excluding diaryl/α,β-unsaturated/α-hetero) is 1. The summed E-state index contributed by atoms with van der Waals surface area (Å²) >= 11 is 0. The number of nitrogens with zero attached hydrogens (tertiary/aromatic N) is 2. The average molecular weight is 294 g/mol. The number of phenols is 1. The topological polar surface area (TPSA) is 55.1 Å². The van der Waals surface area contributed by atoms with Crippen LogP contribution in [0.1, 0.15) is 27.9 Å². The summed E-state index contributed by atoms with van der Waals surface area (Å²) in [4.78, 5) is 16.6. The molecular weight excluding hydrogens is 276 g/mol. The number of fused-ring (bicyclic) bond motifs is 1. The maximum absolute atomic E-state index is 12.2. The number of para-hydroxylation sites is 1. The Morgan fingerprint density at radius 3 is 2.68 bits per heavy atom. The molecule has 0 saturated heterocycles. The molecule has 1 aromatic heterocycles. The molecule has 0 aliphatic heterocycles. The molecule has 1 heterocycles. The lowest BCUT2D eigenvalue weighted by molar-refractivity contribution is 0.0975. The lowest BCUT2D eigenvalue weighted by Crippen LogP contribution is -2.05. The van der Waals surface area contributed by atoms with Gasteiger partial charge >= 0.3 is 0 Å². The molecule has 0 spiro atoms. The van der Waals surface area contributed by atoms with Crippen molar-refractivity contribution in [3.8, 4) is 5.75 Å². The van der Waals surface area contributed by atoms with Crippen LogP contribution in [0.5, 0.6) is 5.75 Å². The van der Waals surface area contributed by atoms with E-state index in [2.05, 4.69) is 31.0 Å². The highest BCUT2D eigenvalue weighted by Crippen LogP contribution is 2.20. The monoisotopic (exact) mass is 294 g/mol. The Kier molecular flexibility index (Phi) is 3.67. The number of ketones is 1. The molecule has 0 amide bonds. The first kappa shape index (κ1) is 14.3. The van der Waals surface area contributed by atoms with Crippen LogP contribution in [-0.4, -0.2) is 20.4 Å². The van der Waals surface area contributed by atoms with Crippen LogP contribution < -0.4 is 0 Å². The van der Waals surface area contributed by atoms with Crippen LogP contribution in [0.4, 0.5) is 0 Å². The molecule has 0 bridgehead atoms. The third kappa shape index (κ3) is 2.60. The molecule has 22 heavy (non-hydrogen) atoms. The van der Waals surface area contributed by atoms with Gasteiger partial charge in [0.05, 0.1) is 22.9 Å². The zero-order valence-corrected chi connectivity index (χ0v) is 12.7. The van der Waals surface area contributed by atoms with Gasteiger partial charge in [0, 0.05) is 13.0 Å². The maximum atomic E-state index is 12.2. The van der Waals surface area contributed by atoms with Gasteiger partial charge in [-0.3, -0.25) is 4.79 Å². The SMILES string of the molecule is Cc1cc2ncn(CCC(=O)c3ccccc3O)c2cc1C. The number of benzene rings is 2. The smallest absolute Gasteiger partial charge is 0.168 e. The lowest BCUT2D eigenvalue weighted by atomic mass is 10.1. The second kappa shape index (κ2) is 5.64. The Labute approximate surface area is 129 Å². The van der Waals surface area contributed by atoms with Crippen LogP contribution in [0.25, 0.3) is 11.0 Å². The number of hydrogen-bond donors (Lipinski definition) is 1. The summed E-state index contributed by atoms with van der Waals surface area (Å²) < 4.78 is 1.99. The fourth-order valence-corrected chi connectivity index (χ4v) is 2.56. The first-order valence-corrected chi connectivity index (χ1v) is 7.29. The van der Waals surface area contributed by atoms with Crippen LogP contribution in [-0.2, 0) is 6.54 Å². The zero-order valence-electron chi connectivity index (χ0n) is 12.7. The van der Waals surface area contributed by atoms with E-state index in [1.165, 1.54) is 17.2 Å². The van der Waals surface area contributed by atoms with Gasteiger partial charge < -0.3 is 9.67 Å². The normalized spacial score (nSPS) is 11.0. The van der Waals surface area contributed by atoms with Gasteiger partial charge in [-0.25, -0.2) is 4.98 Å². The number of aromatic hydroxyl groups is 1. The summed E-state index contributed by atoms with van der Waals surface area (Å²) in [5.74, 6) is -0.0294. The van der Waals surface area contributed by atoms with E-state index >= 15 is 0 Å². The van der Waals surface area contributed by atoms with Crippen molar-refractivity contribution in [3.63, 3.8) is 0 Å². The molecule has 0 fully saturated rings. The Balaban J connectivity index is 1.81. The average Bonchev–Trinajstić information content (AvgIpc) is 2.88. The first-order valence-electron chi connectivity index (χ1n) is 7.29. The number of phenolic OH excluding ortho intramolecular Hbond substituents is 1.